The zero-order valence-electron chi connectivity index (χ0n) is 39.6. The smallest absolute Gasteiger partial charge is 0.323 e. The molecule has 5 aromatic rings. The molecule has 0 amide bonds. The van der Waals surface area contributed by atoms with E-state index in [2.05, 4.69) is 5.32 Å². The molecule has 4 atom stereocenters. The van der Waals surface area contributed by atoms with E-state index in [0.717, 1.165) is 27.5 Å². The normalized spacial score (nSPS) is 13.6. The number of alkyl halides is 1. The first kappa shape index (κ1) is 57.3. The molecule has 15 heteroatoms. The minimum absolute atomic E-state index is 0. The highest BCUT2D eigenvalue weighted by molar-refractivity contribution is 7.86. The van der Waals surface area contributed by atoms with Crippen LogP contribution >= 0.6 is 0 Å². The summed E-state index contributed by atoms with van der Waals surface area (Å²) in [5, 5.41) is 22.5. The second-order valence-corrected chi connectivity index (χ2v) is 20.1. The number of carbonyl (C=O) groups is 4. The Morgan fingerprint density at radius 1 is 0.623 bits per heavy atom. The summed E-state index contributed by atoms with van der Waals surface area (Å²) >= 11 is 0. The van der Waals surface area contributed by atoms with Gasteiger partial charge in [-0.15, -0.1) is 0 Å². The largest absolute Gasteiger partial charge is 0.481 e. The summed E-state index contributed by atoms with van der Waals surface area (Å²) in [5.41, 5.74) is 5.16. The Hall–Kier alpha value is -6.00. The molecule has 0 heterocycles. The number of carboxylic acid groups (broad SMARTS) is 2. The summed E-state index contributed by atoms with van der Waals surface area (Å²) in [6.45, 7) is 10.0. The highest BCUT2D eigenvalue weighted by Gasteiger charge is 2.43. The van der Waals surface area contributed by atoms with E-state index >= 15 is 0 Å². The fourth-order valence-electron chi connectivity index (χ4n) is 7.63. The molecule has 0 aliphatic carbocycles. The van der Waals surface area contributed by atoms with Crippen molar-refractivity contribution in [1.82, 2.24) is 5.32 Å². The van der Waals surface area contributed by atoms with Gasteiger partial charge < -0.3 is 25.4 Å². The molecule has 0 aromatic heterocycles. The molecule has 5 rings (SSSR count). The van der Waals surface area contributed by atoms with Crippen molar-refractivity contribution in [2.24, 2.45) is 17.6 Å². The molecule has 0 aliphatic rings. The number of aliphatic carboxylic acids is 2. The van der Waals surface area contributed by atoms with Crippen molar-refractivity contribution in [2.45, 2.75) is 121 Å². The molecular formula is C54H69FN2O11S. The molecule has 5 aromatic carbocycles. The van der Waals surface area contributed by atoms with Gasteiger partial charge in [-0.2, -0.15) is 8.42 Å². The van der Waals surface area contributed by atoms with Gasteiger partial charge in [0.25, 0.3) is 10.1 Å². The number of nitrogens with one attached hydrogen (secondary N) is 1. The van der Waals surface area contributed by atoms with Gasteiger partial charge in [-0.05, 0) is 120 Å². The van der Waals surface area contributed by atoms with Crippen LogP contribution in [0.1, 0.15) is 104 Å². The number of halogens is 1. The zero-order chi connectivity index (χ0) is 50.1. The number of hydrogen-bond acceptors (Lipinski definition) is 11. The van der Waals surface area contributed by atoms with Crippen molar-refractivity contribution in [3.05, 3.63) is 150 Å². The lowest BCUT2D eigenvalue weighted by Gasteiger charge is -2.40. The predicted molar refractivity (Wildman–Crippen MR) is 266 cm³/mol. The number of hydrogen-bond donors (Lipinski definition) is 4. The fraction of sp³-hybridized carbons (Fsp3) is 0.407. The quantitative estimate of drug-likeness (QED) is 0.0221. The highest BCUT2D eigenvalue weighted by Crippen LogP contribution is 2.38. The first-order valence-electron chi connectivity index (χ1n) is 22.6. The molecule has 13 nitrogen and oxygen atoms in total. The Labute approximate surface area is 406 Å². The Bertz CT molecular complexity index is 2420. The SMILES string of the molecule is C.CC(C)(C)OC(=O)[C@@H](CCCOS(=O)(=O)c1ccc2ccccc2c1)C[C@H](NC(c1ccccc1)(c1ccccc1)c1ccccc1)C(=O)OC(C)(C)C.N[C@@H](C[C@H](CCC[18F])C(=O)O)C(=O)O. The third-order valence-corrected chi connectivity index (χ3v) is 12.1. The summed E-state index contributed by atoms with van der Waals surface area (Å²) in [5.74, 6) is -5.09. The van der Waals surface area contributed by atoms with E-state index in [4.69, 9.17) is 29.6 Å². The van der Waals surface area contributed by atoms with Crippen LogP contribution in [0.4, 0.5) is 4.39 Å². The van der Waals surface area contributed by atoms with Crippen LogP contribution < -0.4 is 11.1 Å². The minimum atomic E-state index is -4.07. The summed E-state index contributed by atoms with van der Waals surface area (Å²) < 4.78 is 55.6. The van der Waals surface area contributed by atoms with Crippen molar-refractivity contribution in [3.8, 4) is 0 Å². The van der Waals surface area contributed by atoms with E-state index in [1.54, 1.807) is 53.7 Å². The zero-order valence-corrected chi connectivity index (χ0v) is 40.4. The predicted octanol–water partition coefficient (Wildman–Crippen LogP) is 9.84. The second kappa shape index (κ2) is 26.1. The number of fused-ring (bicyclic) bond motifs is 1. The number of rotatable bonds is 22. The number of carboxylic acids is 2. The molecule has 5 N–H and O–H groups in total. The van der Waals surface area contributed by atoms with Crippen LogP contribution in [0.5, 0.6) is 0 Å². The molecule has 374 valence electrons. The minimum Gasteiger partial charge on any atom is -0.481 e. The number of esters is 2. The molecule has 69 heavy (non-hydrogen) atoms. The molecule has 0 fully saturated rings. The topological polar surface area (TPSA) is 209 Å². The van der Waals surface area contributed by atoms with Gasteiger partial charge in [0.15, 0.2) is 0 Å². The van der Waals surface area contributed by atoms with Crippen LogP contribution in [-0.2, 0) is 48.5 Å². The number of benzene rings is 5. The monoisotopic (exact) mass is 971 g/mol. The third kappa shape index (κ3) is 17.5. The number of carbonyl (C=O) groups excluding carboxylic acids is 2. The van der Waals surface area contributed by atoms with Crippen molar-refractivity contribution < 1.29 is 55.9 Å². The molecular weight excluding hydrogens is 903 g/mol. The first-order valence-corrected chi connectivity index (χ1v) is 24.0. The van der Waals surface area contributed by atoms with Gasteiger partial charge in [-0.1, -0.05) is 129 Å². The van der Waals surface area contributed by atoms with Crippen LogP contribution in [0.25, 0.3) is 10.8 Å². The first-order chi connectivity index (χ1) is 32.1. The van der Waals surface area contributed by atoms with E-state index in [1.807, 2.05) is 115 Å². The maximum absolute atomic E-state index is 14.3. The van der Waals surface area contributed by atoms with Gasteiger partial charge in [-0.25, -0.2) is 0 Å². The van der Waals surface area contributed by atoms with Gasteiger partial charge in [0.05, 0.1) is 35.6 Å². The van der Waals surface area contributed by atoms with E-state index in [1.165, 1.54) is 6.07 Å². The van der Waals surface area contributed by atoms with Gasteiger partial charge >= 0.3 is 23.9 Å². The van der Waals surface area contributed by atoms with Crippen molar-refractivity contribution in [1.29, 1.82) is 0 Å². The standard InChI is InChI=1S/C45H51NO7S.C8H14FNO4.CH4/c1-43(2,3)52-41(47)35(21-18-30-51-54(49,50)39-29-28-33-19-16-17-20-34(33)31-39)32-40(42(48)53-44(4,5)6)46-45(36-22-10-7-11-23-36,37-24-12-8-13-25-37)38-26-14-9-15-27-38;9-3-1-2-5(7(11)12)4-6(10)8(13)14;/h7-17,19-20,22-29,31,35,40,46H,18,21,30,32H2,1-6H3;5-6H,1-4,10H2,(H,11,12)(H,13,14);1H4/t35-,40-;5-,6-;/m00./s1/i;9-1;. The second-order valence-electron chi connectivity index (χ2n) is 18.5. The van der Waals surface area contributed by atoms with Crippen LogP contribution in [0, 0.1) is 11.8 Å². The molecule has 0 saturated carbocycles. The number of nitrogens with two attached hydrogens (primary N) is 1. The van der Waals surface area contributed by atoms with Crippen LogP contribution in [0.2, 0.25) is 0 Å². The molecule has 0 aliphatic heterocycles. The van der Waals surface area contributed by atoms with E-state index in [0.29, 0.717) is 0 Å². The maximum atomic E-state index is 14.3. The fourth-order valence-corrected chi connectivity index (χ4v) is 8.61. The summed E-state index contributed by atoms with van der Waals surface area (Å²) in [6.07, 6.45) is 0.480. The third-order valence-electron chi connectivity index (χ3n) is 10.8. The summed E-state index contributed by atoms with van der Waals surface area (Å²) in [4.78, 5) is 49.3. The Kier molecular flexibility index (Phi) is 21.7. The molecule has 0 spiro atoms. The highest BCUT2D eigenvalue weighted by atomic mass is 32.2. The molecule has 0 saturated heterocycles. The molecule has 0 radical (unpaired) electrons. The Morgan fingerprint density at radius 2 is 1.09 bits per heavy atom. The van der Waals surface area contributed by atoms with E-state index in [9.17, 15) is 32.0 Å². The van der Waals surface area contributed by atoms with E-state index < -0.39 is 81.3 Å². The Morgan fingerprint density at radius 3 is 1.55 bits per heavy atom. The van der Waals surface area contributed by atoms with Crippen molar-refractivity contribution in [2.75, 3.05) is 13.3 Å². The lowest BCUT2D eigenvalue weighted by Crippen LogP contribution is -2.54. The van der Waals surface area contributed by atoms with Crippen LogP contribution in [0.3, 0.4) is 0 Å². The summed E-state index contributed by atoms with van der Waals surface area (Å²) in [6, 6.07) is 39.8. The van der Waals surface area contributed by atoms with Crippen molar-refractivity contribution >= 4 is 44.8 Å². The maximum Gasteiger partial charge on any atom is 0.323 e. The lowest BCUT2D eigenvalue weighted by atomic mass is 9.76. The average Bonchev–Trinajstić information content (AvgIpc) is 3.29. The lowest BCUT2D eigenvalue weighted by molar-refractivity contribution is -0.163. The van der Waals surface area contributed by atoms with Gasteiger partial charge in [0, 0.05) is 0 Å². The van der Waals surface area contributed by atoms with Crippen LogP contribution in [-0.4, -0.2) is 79.1 Å². The van der Waals surface area contributed by atoms with E-state index in [-0.39, 0.29) is 57.5 Å². The van der Waals surface area contributed by atoms with Crippen LogP contribution in [0.15, 0.2) is 138 Å². The van der Waals surface area contributed by atoms with Crippen molar-refractivity contribution in [3.63, 3.8) is 0 Å². The Balaban J connectivity index is 0.000000728. The van der Waals surface area contributed by atoms with Gasteiger partial charge in [0.1, 0.15) is 23.3 Å². The molecule has 0 unspecified atom stereocenters. The van der Waals surface area contributed by atoms with Gasteiger partial charge in [-0.3, -0.25) is 33.1 Å². The molecule has 0 bridgehead atoms. The number of ether oxygens (including phenoxy) is 2. The average molecular weight is 972 g/mol. The van der Waals surface area contributed by atoms with Gasteiger partial charge in [0.2, 0.25) is 0 Å². The summed E-state index contributed by atoms with van der Waals surface area (Å²) in [7, 11) is -4.07.